The Hall–Kier alpha value is -3.87. The van der Waals surface area contributed by atoms with Crippen LogP contribution in [0.3, 0.4) is 0 Å². The summed E-state index contributed by atoms with van der Waals surface area (Å²) in [6.07, 6.45) is 2.76. The predicted molar refractivity (Wildman–Crippen MR) is 138 cm³/mol. The van der Waals surface area contributed by atoms with Crippen LogP contribution in [0, 0.1) is 0 Å². The highest BCUT2D eigenvalue weighted by Gasteiger charge is 2.23. The van der Waals surface area contributed by atoms with Crippen LogP contribution in [0.25, 0.3) is 21.6 Å². The number of nitrogen functional groups attached to an aromatic ring is 1. The third-order valence-electron chi connectivity index (χ3n) is 6.16. The minimum absolute atomic E-state index is 0.0702. The maximum absolute atomic E-state index is 11.6. The summed E-state index contributed by atoms with van der Waals surface area (Å²) in [6, 6.07) is 9.58. The van der Waals surface area contributed by atoms with Gasteiger partial charge in [-0.3, -0.25) is 10.0 Å². The molecule has 4 heterocycles. The molecular formula is C24H26N8O3S. The first-order valence-corrected chi connectivity index (χ1v) is 12.3. The third-order valence-corrected chi connectivity index (χ3v) is 7.45. The molecule has 1 saturated heterocycles. The van der Waals surface area contributed by atoms with Crippen molar-refractivity contribution in [3.8, 4) is 11.4 Å². The second-order valence-corrected chi connectivity index (χ2v) is 9.54. The fraction of sp³-hybridized carbons (Fsp3) is 0.292. The molecule has 0 unspecified atom stereocenters. The molecule has 1 fully saturated rings. The smallest absolute Gasteiger partial charge is 0.277 e. The van der Waals surface area contributed by atoms with Gasteiger partial charge in [0.1, 0.15) is 0 Å². The second-order valence-electron chi connectivity index (χ2n) is 8.45. The van der Waals surface area contributed by atoms with Crippen LogP contribution < -0.4 is 21.0 Å². The number of hydroxylamine groups is 1. The Morgan fingerprint density at radius 1 is 1.19 bits per heavy atom. The lowest BCUT2D eigenvalue weighted by Gasteiger charge is -2.28. The van der Waals surface area contributed by atoms with Crippen LogP contribution in [0.4, 0.5) is 17.5 Å². The number of morpholine rings is 1. The summed E-state index contributed by atoms with van der Waals surface area (Å²) in [5.74, 6) is 1.34. The van der Waals surface area contributed by atoms with Crippen LogP contribution in [0.1, 0.15) is 28.2 Å². The first kappa shape index (κ1) is 23.9. The number of hydrogen-bond donors (Lipinski definition) is 3. The van der Waals surface area contributed by atoms with E-state index in [9.17, 15) is 4.79 Å². The van der Waals surface area contributed by atoms with Crippen molar-refractivity contribution in [1.82, 2.24) is 25.4 Å². The molecule has 3 aromatic heterocycles. The fourth-order valence-corrected chi connectivity index (χ4v) is 5.15. The number of nitrogens with zero attached hydrogens (tertiary/aromatic N) is 6. The average Bonchev–Trinajstić information content (AvgIpc) is 3.36. The summed E-state index contributed by atoms with van der Waals surface area (Å²) in [4.78, 5) is 35.3. The van der Waals surface area contributed by atoms with Gasteiger partial charge in [-0.2, -0.15) is 0 Å². The number of rotatable bonds is 6. The summed E-state index contributed by atoms with van der Waals surface area (Å²) in [7, 11) is 1.89. The maximum Gasteiger partial charge on any atom is 0.277 e. The topological polar surface area (TPSA) is 143 Å². The van der Waals surface area contributed by atoms with Crippen molar-refractivity contribution >= 4 is 44.9 Å². The summed E-state index contributed by atoms with van der Waals surface area (Å²) in [5, 5.41) is 8.80. The number of carbonyl (C=O) groups excluding carboxylic acids is 1. The van der Waals surface area contributed by atoms with Crippen molar-refractivity contribution in [3.63, 3.8) is 0 Å². The highest BCUT2D eigenvalue weighted by Crippen LogP contribution is 2.38. The fourth-order valence-electron chi connectivity index (χ4n) is 3.94. The average molecular weight is 507 g/mol. The lowest BCUT2D eigenvalue weighted by atomic mass is 10.2. The van der Waals surface area contributed by atoms with Gasteiger partial charge < -0.3 is 20.3 Å². The largest absolute Gasteiger partial charge is 0.399 e. The molecule has 11 nitrogen and oxygen atoms in total. The Balaban J connectivity index is 1.52. The molecule has 0 aliphatic carbocycles. The van der Waals surface area contributed by atoms with Gasteiger partial charge in [-0.1, -0.05) is 0 Å². The molecule has 4 N–H and O–H groups in total. The normalized spacial score (nSPS) is 14.6. The molecule has 12 heteroatoms. The zero-order valence-corrected chi connectivity index (χ0v) is 20.7. The van der Waals surface area contributed by atoms with Gasteiger partial charge in [-0.25, -0.2) is 25.4 Å². The van der Waals surface area contributed by atoms with Crippen LogP contribution in [0.15, 0.2) is 42.7 Å². The molecule has 1 amide bonds. The Kier molecular flexibility index (Phi) is 6.63. The first-order valence-electron chi connectivity index (χ1n) is 11.4. The van der Waals surface area contributed by atoms with Gasteiger partial charge in [-0.05, 0) is 37.3 Å². The molecular weight excluding hydrogens is 480 g/mol. The molecule has 1 atom stereocenters. The summed E-state index contributed by atoms with van der Waals surface area (Å²) in [5.41, 5.74) is 10.1. The Morgan fingerprint density at radius 2 is 1.89 bits per heavy atom. The Morgan fingerprint density at radius 3 is 2.56 bits per heavy atom. The molecule has 0 spiro atoms. The number of ether oxygens (including phenoxy) is 1. The van der Waals surface area contributed by atoms with Crippen LogP contribution >= 0.6 is 11.3 Å². The minimum Gasteiger partial charge on any atom is -0.399 e. The van der Waals surface area contributed by atoms with Crippen molar-refractivity contribution in [2.75, 3.05) is 48.9 Å². The SMILES string of the molecule is C[C@H](c1cc2nc(-c3ccc(N)cc3)nc(N3CCOCC3)c2s1)N(C)c1ncc(C(=O)NO)cn1. The number of amides is 1. The molecule has 0 bridgehead atoms. The van der Waals surface area contributed by atoms with Crippen molar-refractivity contribution < 1.29 is 14.7 Å². The Bertz CT molecular complexity index is 1370. The maximum atomic E-state index is 11.6. The number of anilines is 3. The van der Waals surface area contributed by atoms with E-state index in [4.69, 9.17) is 25.6 Å². The van der Waals surface area contributed by atoms with E-state index in [1.807, 2.05) is 36.2 Å². The number of nitrogens with two attached hydrogens (primary N) is 1. The number of carbonyl (C=O) groups is 1. The van der Waals surface area contributed by atoms with E-state index in [0.29, 0.717) is 30.7 Å². The van der Waals surface area contributed by atoms with Gasteiger partial charge in [-0.15, -0.1) is 11.3 Å². The van der Waals surface area contributed by atoms with Gasteiger partial charge in [0.05, 0.1) is 35.0 Å². The molecule has 4 aromatic rings. The van der Waals surface area contributed by atoms with E-state index in [1.165, 1.54) is 12.4 Å². The quantitative estimate of drug-likeness (QED) is 0.203. The number of thiophene rings is 1. The predicted octanol–water partition coefficient (Wildman–Crippen LogP) is 2.88. The molecule has 36 heavy (non-hydrogen) atoms. The van der Waals surface area contributed by atoms with Gasteiger partial charge in [0.25, 0.3) is 5.91 Å². The zero-order chi connectivity index (χ0) is 25.2. The van der Waals surface area contributed by atoms with E-state index < -0.39 is 5.91 Å². The molecule has 1 aliphatic rings. The summed E-state index contributed by atoms with van der Waals surface area (Å²) in [6.45, 7) is 4.89. The molecule has 1 aliphatic heterocycles. The third kappa shape index (κ3) is 4.65. The lowest BCUT2D eigenvalue weighted by Crippen LogP contribution is -2.36. The number of fused-ring (bicyclic) bond motifs is 1. The number of aromatic nitrogens is 4. The number of benzene rings is 1. The molecule has 5 rings (SSSR count). The molecule has 186 valence electrons. The van der Waals surface area contributed by atoms with Gasteiger partial charge >= 0.3 is 0 Å². The molecule has 1 aromatic carbocycles. The standard InChI is InChI=1S/C24H26N8O3S/c1-14(31(2)24-26-12-16(13-27-24)23(33)30-34)19-11-18-20(36-19)22(32-7-9-35-10-8-32)29-21(28-18)15-3-5-17(25)6-4-15/h3-6,11-14,34H,7-10,25H2,1-2H3,(H,30,33)/t14-/m1/s1. The number of nitrogens with one attached hydrogen (secondary N) is 1. The summed E-state index contributed by atoms with van der Waals surface area (Å²) >= 11 is 1.64. The van der Waals surface area contributed by atoms with E-state index in [1.54, 1.807) is 16.8 Å². The Labute approximate surface area is 211 Å². The summed E-state index contributed by atoms with van der Waals surface area (Å²) < 4.78 is 6.58. The molecule has 0 saturated carbocycles. The molecule has 0 radical (unpaired) electrons. The van der Waals surface area contributed by atoms with Gasteiger partial charge in [0.2, 0.25) is 5.95 Å². The van der Waals surface area contributed by atoms with Crippen molar-refractivity contribution in [1.29, 1.82) is 0 Å². The van der Waals surface area contributed by atoms with Crippen LogP contribution in [-0.4, -0.2) is 64.4 Å². The van der Waals surface area contributed by atoms with E-state index in [2.05, 4.69) is 27.9 Å². The highest BCUT2D eigenvalue weighted by atomic mass is 32.1. The van der Waals surface area contributed by atoms with E-state index in [-0.39, 0.29) is 11.6 Å². The van der Waals surface area contributed by atoms with Crippen molar-refractivity contribution in [3.05, 3.63) is 53.2 Å². The second kappa shape index (κ2) is 10.0. The monoisotopic (exact) mass is 506 g/mol. The first-order chi connectivity index (χ1) is 17.4. The van der Waals surface area contributed by atoms with E-state index >= 15 is 0 Å². The van der Waals surface area contributed by atoms with Gasteiger partial charge in [0.15, 0.2) is 11.6 Å². The lowest BCUT2D eigenvalue weighted by molar-refractivity contribution is 0.0705. The van der Waals surface area contributed by atoms with Crippen molar-refractivity contribution in [2.24, 2.45) is 0 Å². The van der Waals surface area contributed by atoms with Crippen molar-refractivity contribution in [2.45, 2.75) is 13.0 Å². The van der Waals surface area contributed by atoms with Crippen LogP contribution in [-0.2, 0) is 4.74 Å². The van der Waals surface area contributed by atoms with E-state index in [0.717, 1.165) is 39.6 Å². The van der Waals surface area contributed by atoms with Gasteiger partial charge in [0, 0.05) is 48.7 Å². The highest BCUT2D eigenvalue weighted by molar-refractivity contribution is 7.19. The number of hydrogen-bond acceptors (Lipinski definition) is 11. The van der Waals surface area contributed by atoms with Crippen LogP contribution in [0.5, 0.6) is 0 Å². The van der Waals surface area contributed by atoms with Crippen LogP contribution in [0.2, 0.25) is 0 Å². The minimum atomic E-state index is -0.659. The zero-order valence-electron chi connectivity index (χ0n) is 19.9.